The summed E-state index contributed by atoms with van der Waals surface area (Å²) < 4.78 is 9.69. The molecule has 5 aromatic carbocycles. The van der Waals surface area contributed by atoms with Gasteiger partial charge >= 0.3 is 175 Å². The van der Waals surface area contributed by atoms with Crippen LogP contribution in [0.15, 0.2) is 97.1 Å². The summed E-state index contributed by atoms with van der Waals surface area (Å²) in [5, 5.41) is 5.00. The molecule has 29 heavy (non-hydrogen) atoms. The molecule has 1 heterocycles. The van der Waals surface area contributed by atoms with Crippen molar-refractivity contribution in [3.8, 4) is 22.3 Å². The molecule has 0 bridgehead atoms. The van der Waals surface area contributed by atoms with Crippen LogP contribution in [-0.2, 0) is 0 Å². The summed E-state index contributed by atoms with van der Waals surface area (Å²) in [6.45, 7) is 0. The van der Waals surface area contributed by atoms with Crippen LogP contribution in [0.3, 0.4) is 0 Å². The van der Waals surface area contributed by atoms with E-state index in [-0.39, 0.29) is 15.0 Å². The molecule has 6 rings (SSSR count). The van der Waals surface area contributed by atoms with Crippen LogP contribution in [0.4, 0.5) is 0 Å². The Morgan fingerprint density at radius 2 is 0.862 bits per heavy atom. The molecule has 3 heteroatoms. The van der Waals surface area contributed by atoms with Crippen LogP contribution < -0.4 is 0 Å². The van der Waals surface area contributed by atoms with Gasteiger partial charge in [-0.1, -0.05) is 0 Å². The molecule has 0 amide bonds. The van der Waals surface area contributed by atoms with E-state index in [9.17, 15) is 0 Å². The van der Waals surface area contributed by atoms with E-state index in [1.165, 1.54) is 43.8 Å². The minimum absolute atomic E-state index is 0.0949. The Balaban J connectivity index is 1.65. The van der Waals surface area contributed by atoms with Gasteiger partial charge in [-0.3, -0.25) is 0 Å². The molecule has 0 saturated heterocycles. The fourth-order valence-electron chi connectivity index (χ4n) is 4.22. The zero-order valence-corrected chi connectivity index (χ0v) is 17.3. The molecular formula is C26H16N2Se. The van der Waals surface area contributed by atoms with Crippen LogP contribution in [0.5, 0.6) is 0 Å². The molecule has 0 aliphatic rings. The van der Waals surface area contributed by atoms with Crippen LogP contribution >= 0.6 is 0 Å². The monoisotopic (exact) mass is 436 g/mol. The summed E-state index contributed by atoms with van der Waals surface area (Å²) >= 11 is -0.0949. The van der Waals surface area contributed by atoms with Crippen molar-refractivity contribution in [2.75, 3.05) is 0 Å². The molecule has 0 spiro atoms. The topological polar surface area (TPSA) is 25.8 Å². The zero-order valence-electron chi connectivity index (χ0n) is 15.5. The second-order valence-corrected chi connectivity index (χ2v) is 8.28. The number of aromatic nitrogens is 2. The second-order valence-electron chi connectivity index (χ2n) is 7.18. The Labute approximate surface area is 174 Å². The fraction of sp³-hybridized carbons (Fsp3) is 0. The summed E-state index contributed by atoms with van der Waals surface area (Å²) in [7, 11) is 0. The van der Waals surface area contributed by atoms with Gasteiger partial charge in [0.15, 0.2) is 0 Å². The van der Waals surface area contributed by atoms with E-state index >= 15 is 0 Å². The number of hydrogen-bond donors (Lipinski definition) is 0. The first kappa shape index (κ1) is 16.7. The number of fused-ring (bicyclic) bond motifs is 3. The van der Waals surface area contributed by atoms with Crippen molar-refractivity contribution < 1.29 is 0 Å². The summed E-state index contributed by atoms with van der Waals surface area (Å²) in [6, 6.07) is 34.5. The van der Waals surface area contributed by atoms with Crippen molar-refractivity contribution in [2.45, 2.75) is 0 Å². The van der Waals surface area contributed by atoms with Crippen molar-refractivity contribution >= 4 is 47.5 Å². The van der Waals surface area contributed by atoms with E-state index in [1.54, 1.807) is 0 Å². The van der Waals surface area contributed by atoms with Gasteiger partial charge < -0.3 is 0 Å². The van der Waals surface area contributed by atoms with E-state index in [0.717, 1.165) is 11.0 Å². The third-order valence-electron chi connectivity index (χ3n) is 5.58. The summed E-state index contributed by atoms with van der Waals surface area (Å²) in [4.78, 5) is 0. The number of rotatable bonds is 2. The van der Waals surface area contributed by atoms with Gasteiger partial charge in [0.05, 0.1) is 0 Å². The van der Waals surface area contributed by atoms with Crippen molar-refractivity contribution in [3.63, 3.8) is 0 Å². The van der Waals surface area contributed by atoms with Crippen molar-refractivity contribution in [3.05, 3.63) is 97.1 Å². The maximum absolute atomic E-state index is 4.84. The number of nitrogens with zero attached hydrogens (tertiary/aromatic N) is 2. The van der Waals surface area contributed by atoms with E-state index in [4.69, 9.17) is 7.96 Å². The summed E-state index contributed by atoms with van der Waals surface area (Å²) in [5.41, 5.74) is 6.85. The SMILES string of the molecule is c1ccc2c(-c3ccc(-c4cccc5ccccc45)c4n[se]nc34)cccc2c1. The van der Waals surface area contributed by atoms with Gasteiger partial charge in [-0.2, -0.15) is 0 Å². The Hall–Kier alpha value is -3.26. The molecule has 0 fully saturated rings. The van der Waals surface area contributed by atoms with Gasteiger partial charge in [-0.25, -0.2) is 0 Å². The molecule has 0 unspecified atom stereocenters. The predicted molar refractivity (Wildman–Crippen MR) is 122 cm³/mol. The third-order valence-corrected chi connectivity index (χ3v) is 6.68. The standard InChI is InChI=1S/C26H16N2Se/c1-3-11-19-17(7-1)9-5-13-21(19)23-15-16-24(26-25(23)27-29-28-26)22-14-6-10-18-8-2-4-12-20(18)22/h1-16H. The van der Waals surface area contributed by atoms with Gasteiger partial charge in [-0.15, -0.1) is 0 Å². The first-order valence-electron chi connectivity index (χ1n) is 9.62. The first-order valence-corrected chi connectivity index (χ1v) is 11.1. The van der Waals surface area contributed by atoms with E-state index < -0.39 is 0 Å². The summed E-state index contributed by atoms with van der Waals surface area (Å²) in [6.07, 6.45) is 0. The summed E-state index contributed by atoms with van der Waals surface area (Å²) in [5.74, 6) is 0. The number of benzene rings is 5. The minimum atomic E-state index is -0.0949. The fourth-order valence-corrected chi connectivity index (χ4v) is 5.43. The maximum atomic E-state index is 4.84. The van der Waals surface area contributed by atoms with Gasteiger partial charge in [0.25, 0.3) is 0 Å². The van der Waals surface area contributed by atoms with Crippen LogP contribution in [0, 0.1) is 0 Å². The first-order chi connectivity index (χ1) is 14.4. The zero-order chi connectivity index (χ0) is 19.2. The average molecular weight is 435 g/mol. The van der Waals surface area contributed by atoms with Gasteiger partial charge in [0.2, 0.25) is 0 Å². The van der Waals surface area contributed by atoms with Crippen molar-refractivity contribution in [2.24, 2.45) is 0 Å². The van der Waals surface area contributed by atoms with E-state index in [0.29, 0.717) is 0 Å². The van der Waals surface area contributed by atoms with E-state index in [2.05, 4.69) is 97.1 Å². The Bertz CT molecular complexity index is 1390. The Kier molecular flexibility index (Phi) is 3.83. The van der Waals surface area contributed by atoms with Crippen molar-refractivity contribution in [1.82, 2.24) is 7.96 Å². The van der Waals surface area contributed by atoms with Gasteiger partial charge in [0, 0.05) is 0 Å². The Morgan fingerprint density at radius 1 is 0.414 bits per heavy atom. The van der Waals surface area contributed by atoms with Crippen LogP contribution in [0.2, 0.25) is 0 Å². The van der Waals surface area contributed by atoms with Crippen LogP contribution in [0.25, 0.3) is 54.8 Å². The molecule has 0 N–H and O–H groups in total. The normalized spacial score (nSPS) is 11.4. The average Bonchev–Trinajstić information content (AvgIpc) is 3.28. The molecule has 0 radical (unpaired) electrons. The van der Waals surface area contributed by atoms with Crippen LogP contribution in [0.1, 0.15) is 0 Å². The van der Waals surface area contributed by atoms with Gasteiger partial charge in [0.1, 0.15) is 0 Å². The molecule has 6 aromatic rings. The van der Waals surface area contributed by atoms with Crippen molar-refractivity contribution in [1.29, 1.82) is 0 Å². The molecule has 0 aliphatic heterocycles. The molecule has 0 aliphatic carbocycles. The third kappa shape index (κ3) is 2.63. The quantitative estimate of drug-likeness (QED) is 0.297. The molecule has 0 saturated carbocycles. The van der Waals surface area contributed by atoms with E-state index in [1.807, 2.05) is 0 Å². The number of hydrogen-bond acceptors (Lipinski definition) is 2. The van der Waals surface area contributed by atoms with Gasteiger partial charge in [-0.05, 0) is 0 Å². The molecule has 1 aromatic heterocycles. The predicted octanol–water partition coefficient (Wildman–Crippen LogP) is 6.33. The second kappa shape index (κ2) is 6.66. The Morgan fingerprint density at radius 3 is 1.38 bits per heavy atom. The molecule has 136 valence electrons. The molecular weight excluding hydrogens is 419 g/mol. The van der Waals surface area contributed by atoms with Crippen LogP contribution in [-0.4, -0.2) is 22.9 Å². The molecule has 0 atom stereocenters. The molecule has 2 nitrogen and oxygen atoms in total.